The Morgan fingerprint density at radius 3 is 2.21 bits per heavy atom. The largest absolute Gasteiger partial charge is 0.487 e. The van der Waals surface area contributed by atoms with Crippen LogP contribution < -0.4 is 10.2 Å². The van der Waals surface area contributed by atoms with Gasteiger partial charge in [0.25, 0.3) is 0 Å². The Morgan fingerprint density at radius 2 is 1.71 bits per heavy atom. The maximum absolute atomic E-state index is 14.3. The van der Waals surface area contributed by atoms with E-state index in [4.69, 9.17) is 4.74 Å². The molecule has 1 aliphatic heterocycles. The second kappa shape index (κ2) is 6.65. The van der Waals surface area contributed by atoms with E-state index in [0.29, 0.717) is 16.5 Å². The van der Waals surface area contributed by atoms with E-state index in [0.717, 1.165) is 5.01 Å². The Labute approximate surface area is 162 Å². The summed E-state index contributed by atoms with van der Waals surface area (Å²) in [7, 11) is 0. The quantitative estimate of drug-likeness (QED) is 0.784. The normalized spacial score (nSPS) is 18.9. The number of fused-ring (bicyclic) bond motifs is 1. The van der Waals surface area contributed by atoms with Crippen LogP contribution in [0.25, 0.3) is 10.8 Å². The average Bonchev–Trinajstić information content (AvgIpc) is 2.77. The number of amides is 1. The van der Waals surface area contributed by atoms with Gasteiger partial charge in [-0.3, -0.25) is 10.2 Å². The van der Waals surface area contributed by atoms with Crippen LogP contribution in [0.15, 0.2) is 36.4 Å². The molecule has 0 radical (unpaired) electrons. The fourth-order valence-corrected chi connectivity index (χ4v) is 3.66. The van der Waals surface area contributed by atoms with E-state index >= 15 is 0 Å². The van der Waals surface area contributed by atoms with Gasteiger partial charge in [0.2, 0.25) is 5.91 Å². The number of hydrogen-bond acceptors (Lipinski definition) is 3. The number of nitrogens with zero attached hydrogens (tertiary/aromatic N) is 1. The maximum Gasteiger partial charge on any atom is 0.409 e. The molecule has 0 aromatic heterocycles. The Kier molecular flexibility index (Phi) is 4.86. The number of ether oxygens (including phenoxy) is 1. The summed E-state index contributed by atoms with van der Waals surface area (Å²) >= 11 is 0. The summed E-state index contributed by atoms with van der Waals surface area (Å²) in [4.78, 5) is 11.9. The lowest BCUT2D eigenvalue weighted by atomic mass is 9.93. The number of halogens is 3. The minimum Gasteiger partial charge on any atom is -0.487 e. The molecule has 1 atom stereocenters. The molecule has 0 spiro atoms. The van der Waals surface area contributed by atoms with Crippen LogP contribution in [-0.4, -0.2) is 28.2 Å². The molecule has 1 heterocycles. The van der Waals surface area contributed by atoms with Crippen LogP contribution in [0.4, 0.5) is 13.2 Å². The first-order valence-corrected chi connectivity index (χ1v) is 9.16. The zero-order valence-electron chi connectivity index (χ0n) is 16.6. The van der Waals surface area contributed by atoms with Crippen molar-refractivity contribution in [3.8, 4) is 5.75 Å². The molecule has 7 heteroatoms. The van der Waals surface area contributed by atoms with Crippen molar-refractivity contribution in [2.45, 2.75) is 64.4 Å². The van der Waals surface area contributed by atoms with Crippen LogP contribution in [0.1, 0.15) is 52.6 Å². The second-order valence-corrected chi connectivity index (χ2v) is 8.75. The van der Waals surface area contributed by atoms with Gasteiger partial charge in [0.1, 0.15) is 11.4 Å². The Hall–Kier alpha value is -2.28. The van der Waals surface area contributed by atoms with E-state index in [-0.39, 0.29) is 12.0 Å². The summed E-state index contributed by atoms with van der Waals surface area (Å²) in [5, 5.41) is 2.08. The smallest absolute Gasteiger partial charge is 0.409 e. The van der Waals surface area contributed by atoms with Crippen molar-refractivity contribution in [1.29, 1.82) is 0 Å². The van der Waals surface area contributed by atoms with E-state index in [2.05, 4.69) is 5.43 Å². The number of carbonyl (C=O) groups is 1. The van der Waals surface area contributed by atoms with Crippen molar-refractivity contribution in [1.82, 2.24) is 10.4 Å². The third-order valence-corrected chi connectivity index (χ3v) is 4.67. The fraction of sp³-hybridized carbons (Fsp3) is 0.476. The number of carbonyl (C=O) groups excluding carboxylic acids is 1. The molecule has 1 N–H and O–H groups in total. The van der Waals surface area contributed by atoms with Crippen LogP contribution in [0, 0.1) is 0 Å². The third kappa shape index (κ3) is 3.94. The van der Waals surface area contributed by atoms with Crippen LogP contribution in [-0.2, 0) is 4.79 Å². The van der Waals surface area contributed by atoms with E-state index in [1.54, 1.807) is 44.2 Å². The predicted octanol–water partition coefficient (Wildman–Crippen LogP) is 5.14. The van der Waals surface area contributed by atoms with E-state index < -0.39 is 29.3 Å². The van der Waals surface area contributed by atoms with Gasteiger partial charge in [0.05, 0.1) is 0 Å². The zero-order chi connectivity index (χ0) is 20.9. The minimum absolute atomic E-state index is 0.00427. The summed E-state index contributed by atoms with van der Waals surface area (Å²) in [6.07, 6.45) is -4.60. The van der Waals surface area contributed by atoms with Gasteiger partial charge in [0, 0.05) is 17.3 Å². The summed E-state index contributed by atoms with van der Waals surface area (Å²) in [6, 6.07) is 8.02. The summed E-state index contributed by atoms with van der Waals surface area (Å²) < 4.78 is 48.9. The molecule has 0 bridgehead atoms. The molecule has 4 nitrogen and oxygen atoms in total. The number of nitrogens with one attached hydrogen (secondary N) is 1. The topological polar surface area (TPSA) is 41.6 Å². The minimum atomic E-state index is -4.60. The lowest BCUT2D eigenvalue weighted by Gasteiger charge is -2.38. The highest BCUT2D eigenvalue weighted by molar-refractivity contribution is 5.92. The van der Waals surface area contributed by atoms with Crippen LogP contribution >= 0.6 is 0 Å². The molecular weight excluding hydrogens is 369 g/mol. The number of hydrazine groups is 1. The summed E-state index contributed by atoms with van der Waals surface area (Å²) in [5.74, 6) is -0.0381. The Bertz CT molecular complexity index is 895. The van der Waals surface area contributed by atoms with Gasteiger partial charge in [0.15, 0.2) is 6.04 Å². The maximum atomic E-state index is 14.3. The average molecular weight is 394 g/mol. The number of benzene rings is 2. The molecule has 1 fully saturated rings. The monoisotopic (exact) mass is 394 g/mol. The van der Waals surface area contributed by atoms with Crippen molar-refractivity contribution in [2.24, 2.45) is 0 Å². The highest BCUT2D eigenvalue weighted by atomic mass is 19.4. The van der Waals surface area contributed by atoms with Crippen LogP contribution in [0.2, 0.25) is 0 Å². The van der Waals surface area contributed by atoms with Gasteiger partial charge in [-0.2, -0.15) is 18.2 Å². The van der Waals surface area contributed by atoms with E-state index in [1.165, 1.54) is 6.07 Å². The summed E-state index contributed by atoms with van der Waals surface area (Å²) in [6.45, 7) is 8.79. The van der Waals surface area contributed by atoms with Crippen LogP contribution in [0.5, 0.6) is 5.75 Å². The molecule has 1 unspecified atom stereocenters. The molecule has 0 aliphatic carbocycles. The SMILES string of the molecule is CC(C)(C)Oc1cccc2cccc(C(N3NC(=O)CC3(C)C)C(F)(F)F)c12. The Balaban J connectivity index is 2.25. The first-order chi connectivity index (χ1) is 12.8. The molecule has 1 aliphatic rings. The zero-order valence-corrected chi connectivity index (χ0v) is 16.6. The number of rotatable bonds is 3. The first kappa shape index (κ1) is 20.5. The highest BCUT2D eigenvalue weighted by Gasteiger charge is 2.53. The second-order valence-electron chi connectivity index (χ2n) is 8.75. The van der Waals surface area contributed by atoms with Crippen molar-refractivity contribution in [3.05, 3.63) is 42.0 Å². The first-order valence-electron chi connectivity index (χ1n) is 9.16. The van der Waals surface area contributed by atoms with Gasteiger partial charge in [-0.1, -0.05) is 30.3 Å². The Morgan fingerprint density at radius 1 is 1.11 bits per heavy atom. The van der Waals surface area contributed by atoms with Crippen molar-refractivity contribution >= 4 is 16.7 Å². The van der Waals surface area contributed by atoms with E-state index in [1.807, 2.05) is 20.8 Å². The van der Waals surface area contributed by atoms with Gasteiger partial charge >= 0.3 is 6.18 Å². The fourth-order valence-electron chi connectivity index (χ4n) is 3.66. The number of hydrogen-bond donors (Lipinski definition) is 1. The molecule has 2 aromatic rings. The van der Waals surface area contributed by atoms with Gasteiger partial charge in [-0.15, -0.1) is 0 Å². The van der Waals surface area contributed by atoms with Gasteiger partial charge in [-0.05, 0) is 51.6 Å². The molecule has 1 saturated heterocycles. The van der Waals surface area contributed by atoms with Crippen molar-refractivity contribution in [2.75, 3.05) is 0 Å². The molecule has 1 amide bonds. The molecule has 3 rings (SSSR count). The standard InChI is InChI=1S/C21H25F3N2O2/c1-19(2,3)28-15-11-7-9-13-8-6-10-14(17(13)15)18(21(22,23)24)26-20(4,5)12-16(27)25-26/h6-11,18H,12H2,1-5H3,(H,25,27). The number of alkyl halides is 3. The van der Waals surface area contributed by atoms with Crippen LogP contribution in [0.3, 0.4) is 0 Å². The molecule has 152 valence electrons. The van der Waals surface area contributed by atoms with Gasteiger partial charge < -0.3 is 4.74 Å². The molecular formula is C21H25F3N2O2. The highest BCUT2D eigenvalue weighted by Crippen LogP contribution is 2.46. The molecule has 0 saturated carbocycles. The van der Waals surface area contributed by atoms with E-state index in [9.17, 15) is 18.0 Å². The lowest BCUT2D eigenvalue weighted by Crippen LogP contribution is -2.51. The molecule has 28 heavy (non-hydrogen) atoms. The predicted molar refractivity (Wildman–Crippen MR) is 102 cm³/mol. The van der Waals surface area contributed by atoms with Crippen molar-refractivity contribution in [3.63, 3.8) is 0 Å². The van der Waals surface area contributed by atoms with Gasteiger partial charge in [-0.25, -0.2) is 0 Å². The molecule has 2 aromatic carbocycles. The third-order valence-electron chi connectivity index (χ3n) is 4.67. The lowest BCUT2D eigenvalue weighted by molar-refractivity contribution is -0.203. The van der Waals surface area contributed by atoms with Crippen molar-refractivity contribution < 1.29 is 22.7 Å². The summed E-state index contributed by atoms with van der Waals surface area (Å²) in [5.41, 5.74) is 0.911.